The molecule has 0 unspecified atom stereocenters. The van der Waals surface area contributed by atoms with Gasteiger partial charge in [-0.2, -0.15) is 0 Å². The lowest BCUT2D eigenvalue weighted by Crippen LogP contribution is -2.40. The predicted octanol–water partition coefficient (Wildman–Crippen LogP) is 1.01. The highest BCUT2D eigenvalue weighted by atomic mass is 16.6. The molecule has 8 nitrogen and oxygen atoms in total. The molecule has 1 heterocycles. The normalized spacial score (nSPS) is 11.5. The third-order valence-corrected chi connectivity index (χ3v) is 2.93. The Hall–Kier alpha value is -1.67. The first-order valence-electron chi connectivity index (χ1n) is 8.04. The molecular formula is C15H29N5O3. The van der Waals surface area contributed by atoms with Crippen LogP contribution >= 0.6 is 0 Å². The first kappa shape index (κ1) is 19.4. The molecule has 2 N–H and O–H groups in total. The third-order valence-electron chi connectivity index (χ3n) is 2.93. The minimum atomic E-state index is -0.484. The lowest BCUT2D eigenvalue weighted by molar-refractivity contribution is 0.0252. The van der Waals surface area contributed by atoms with Crippen molar-refractivity contribution in [2.45, 2.75) is 52.8 Å². The van der Waals surface area contributed by atoms with Crippen LogP contribution in [0.25, 0.3) is 0 Å². The average molecular weight is 327 g/mol. The Bertz CT molecular complexity index is 470. The molecule has 1 aromatic rings. The molecule has 1 amide bonds. The lowest BCUT2D eigenvalue weighted by atomic mass is 10.2. The van der Waals surface area contributed by atoms with Gasteiger partial charge in [0.2, 0.25) is 0 Å². The molecule has 0 fully saturated rings. The fraction of sp³-hybridized carbons (Fsp3) is 0.800. The van der Waals surface area contributed by atoms with Crippen molar-refractivity contribution >= 4 is 6.09 Å². The molecule has 0 spiro atoms. The molecule has 0 saturated carbocycles. The summed E-state index contributed by atoms with van der Waals surface area (Å²) in [4.78, 5) is 13.8. The second-order valence-corrected chi connectivity index (χ2v) is 6.34. The van der Waals surface area contributed by atoms with Crippen LogP contribution in [0.2, 0.25) is 0 Å². The van der Waals surface area contributed by atoms with Gasteiger partial charge >= 0.3 is 6.09 Å². The zero-order chi connectivity index (χ0) is 17.3. The van der Waals surface area contributed by atoms with Crippen molar-refractivity contribution in [1.82, 2.24) is 25.2 Å². The van der Waals surface area contributed by atoms with Gasteiger partial charge in [-0.05, 0) is 27.2 Å². The number of nitrogens with one attached hydrogen (secondary N) is 1. The molecular weight excluding hydrogens is 298 g/mol. The quantitative estimate of drug-likeness (QED) is 0.658. The largest absolute Gasteiger partial charge is 0.444 e. The number of aliphatic hydroxyl groups excluding tert-OH is 1. The maximum Gasteiger partial charge on any atom is 0.410 e. The number of hydrogen-bond donors (Lipinski definition) is 2. The van der Waals surface area contributed by atoms with Crippen LogP contribution in [-0.2, 0) is 17.8 Å². The minimum Gasteiger partial charge on any atom is -0.444 e. The molecule has 0 radical (unpaired) electrons. The summed E-state index contributed by atoms with van der Waals surface area (Å²) in [6.07, 6.45) is 2.39. The van der Waals surface area contributed by atoms with Crippen molar-refractivity contribution in [3.05, 3.63) is 11.9 Å². The van der Waals surface area contributed by atoms with E-state index in [1.54, 1.807) is 15.8 Å². The number of aromatic nitrogens is 3. The Morgan fingerprint density at radius 3 is 2.78 bits per heavy atom. The van der Waals surface area contributed by atoms with E-state index in [2.05, 4.69) is 15.6 Å². The number of aliphatic hydroxyl groups is 1. The van der Waals surface area contributed by atoms with E-state index in [0.717, 1.165) is 12.1 Å². The van der Waals surface area contributed by atoms with Crippen LogP contribution in [0.5, 0.6) is 0 Å². The molecule has 1 aromatic heterocycles. The van der Waals surface area contributed by atoms with Gasteiger partial charge in [-0.3, -0.25) is 0 Å². The van der Waals surface area contributed by atoms with Crippen LogP contribution in [0.15, 0.2) is 6.20 Å². The molecule has 132 valence electrons. The molecule has 0 saturated heterocycles. The van der Waals surface area contributed by atoms with Crippen molar-refractivity contribution in [1.29, 1.82) is 0 Å². The fourth-order valence-electron chi connectivity index (χ4n) is 1.95. The predicted molar refractivity (Wildman–Crippen MR) is 86.9 cm³/mol. The lowest BCUT2D eigenvalue weighted by Gasteiger charge is -2.27. The molecule has 0 bridgehead atoms. The van der Waals surface area contributed by atoms with E-state index in [4.69, 9.17) is 9.84 Å². The van der Waals surface area contributed by atoms with Crippen LogP contribution in [0.4, 0.5) is 4.79 Å². The van der Waals surface area contributed by atoms with Crippen molar-refractivity contribution in [2.75, 3.05) is 26.2 Å². The van der Waals surface area contributed by atoms with E-state index in [9.17, 15) is 4.79 Å². The number of amides is 1. The van der Waals surface area contributed by atoms with Crippen molar-refractivity contribution in [3.8, 4) is 0 Å². The monoisotopic (exact) mass is 327 g/mol. The highest BCUT2D eigenvalue weighted by Gasteiger charge is 2.21. The van der Waals surface area contributed by atoms with Crippen molar-refractivity contribution < 1.29 is 14.6 Å². The number of nitrogens with zero attached hydrogens (tertiary/aromatic N) is 4. The van der Waals surface area contributed by atoms with Crippen LogP contribution in [0, 0.1) is 0 Å². The van der Waals surface area contributed by atoms with E-state index in [0.29, 0.717) is 32.7 Å². The third kappa shape index (κ3) is 7.94. The molecule has 0 aliphatic carbocycles. The molecule has 0 aromatic carbocycles. The Morgan fingerprint density at radius 1 is 1.43 bits per heavy atom. The molecule has 1 rings (SSSR count). The summed E-state index contributed by atoms with van der Waals surface area (Å²) in [7, 11) is 0. The van der Waals surface area contributed by atoms with E-state index in [-0.39, 0.29) is 12.7 Å². The molecule has 8 heteroatoms. The Morgan fingerprint density at radius 2 is 2.17 bits per heavy atom. The first-order chi connectivity index (χ1) is 10.9. The Kier molecular flexibility index (Phi) is 7.97. The van der Waals surface area contributed by atoms with Gasteiger partial charge in [-0.1, -0.05) is 12.1 Å². The van der Waals surface area contributed by atoms with Crippen LogP contribution < -0.4 is 5.32 Å². The fourth-order valence-corrected chi connectivity index (χ4v) is 1.95. The number of hydrogen-bond acceptors (Lipinski definition) is 6. The van der Waals surface area contributed by atoms with Crippen LogP contribution in [-0.4, -0.2) is 62.9 Å². The van der Waals surface area contributed by atoms with Crippen LogP contribution in [0.3, 0.4) is 0 Å². The summed E-state index contributed by atoms with van der Waals surface area (Å²) in [6.45, 7) is 10.6. The molecule has 0 atom stereocenters. The SMILES string of the molecule is CCCN(CCNCc1cn(CCO)nn1)C(=O)OC(C)(C)C. The first-order valence-corrected chi connectivity index (χ1v) is 8.04. The van der Waals surface area contributed by atoms with E-state index >= 15 is 0 Å². The van der Waals surface area contributed by atoms with Gasteiger partial charge in [-0.15, -0.1) is 5.10 Å². The summed E-state index contributed by atoms with van der Waals surface area (Å²) in [6, 6.07) is 0. The number of carbonyl (C=O) groups excluding carboxylic acids is 1. The van der Waals surface area contributed by atoms with E-state index in [1.807, 2.05) is 27.7 Å². The zero-order valence-electron chi connectivity index (χ0n) is 14.6. The van der Waals surface area contributed by atoms with Gasteiger partial charge < -0.3 is 20.1 Å². The molecule has 0 aliphatic heterocycles. The van der Waals surface area contributed by atoms with Crippen molar-refractivity contribution in [3.63, 3.8) is 0 Å². The highest BCUT2D eigenvalue weighted by Crippen LogP contribution is 2.10. The maximum absolute atomic E-state index is 12.1. The summed E-state index contributed by atoms with van der Waals surface area (Å²) in [5.74, 6) is 0. The minimum absolute atomic E-state index is 0.0398. The van der Waals surface area contributed by atoms with Gasteiger partial charge in [0.25, 0.3) is 0 Å². The van der Waals surface area contributed by atoms with Crippen molar-refractivity contribution in [2.24, 2.45) is 0 Å². The number of ether oxygens (including phenoxy) is 1. The second kappa shape index (κ2) is 9.46. The smallest absolute Gasteiger partial charge is 0.410 e. The zero-order valence-corrected chi connectivity index (χ0v) is 14.6. The summed E-state index contributed by atoms with van der Waals surface area (Å²) >= 11 is 0. The number of carbonyl (C=O) groups is 1. The van der Waals surface area contributed by atoms with Gasteiger partial charge in [0.1, 0.15) is 5.60 Å². The van der Waals surface area contributed by atoms with Gasteiger partial charge in [-0.25, -0.2) is 9.48 Å². The number of rotatable bonds is 9. The van der Waals surface area contributed by atoms with Gasteiger partial charge in [0, 0.05) is 32.4 Å². The maximum atomic E-state index is 12.1. The summed E-state index contributed by atoms with van der Waals surface area (Å²) < 4.78 is 7.01. The van der Waals surface area contributed by atoms with E-state index < -0.39 is 5.60 Å². The molecule has 0 aliphatic rings. The standard InChI is InChI=1S/C15H29N5O3/c1-5-7-19(14(22)23-15(2,3)4)8-6-16-11-13-12-20(9-10-21)18-17-13/h12,16,21H,5-11H2,1-4H3. The average Bonchev–Trinajstić information content (AvgIpc) is 2.88. The highest BCUT2D eigenvalue weighted by molar-refractivity contribution is 5.68. The summed E-state index contributed by atoms with van der Waals surface area (Å²) in [5.41, 5.74) is 0.319. The molecule has 23 heavy (non-hydrogen) atoms. The second-order valence-electron chi connectivity index (χ2n) is 6.34. The van der Waals surface area contributed by atoms with Crippen LogP contribution in [0.1, 0.15) is 39.8 Å². The van der Waals surface area contributed by atoms with E-state index in [1.165, 1.54) is 0 Å². The Labute approximate surface area is 137 Å². The Balaban J connectivity index is 2.35. The topological polar surface area (TPSA) is 92.5 Å². The summed E-state index contributed by atoms with van der Waals surface area (Å²) in [5, 5.41) is 20.0. The van der Waals surface area contributed by atoms with Gasteiger partial charge in [0.15, 0.2) is 0 Å². The van der Waals surface area contributed by atoms with Gasteiger partial charge in [0.05, 0.1) is 18.8 Å².